The van der Waals surface area contributed by atoms with Gasteiger partial charge in [-0.05, 0) is 13.0 Å². The van der Waals surface area contributed by atoms with Crippen LogP contribution in [0.5, 0.6) is 0 Å². The summed E-state index contributed by atoms with van der Waals surface area (Å²) >= 11 is 0.718. The summed E-state index contributed by atoms with van der Waals surface area (Å²) in [6.45, 7) is 1.45. The van der Waals surface area contributed by atoms with Crippen LogP contribution in [-0.2, 0) is 0 Å². The lowest BCUT2D eigenvalue weighted by Gasteiger charge is -2.06. The van der Waals surface area contributed by atoms with Crippen molar-refractivity contribution >= 4 is 17.4 Å². The Balaban J connectivity index is 3.11. The Morgan fingerprint density at radius 3 is 2.69 bits per heavy atom. The molecule has 0 fully saturated rings. The van der Waals surface area contributed by atoms with Gasteiger partial charge in [0.15, 0.2) is 11.6 Å². The number of thioether (sulfide) groups is 1. The molecule has 0 amide bonds. The van der Waals surface area contributed by atoms with Crippen molar-refractivity contribution in [2.75, 3.05) is 5.75 Å². The minimum absolute atomic E-state index is 0.0568. The van der Waals surface area contributed by atoms with Crippen LogP contribution in [0.1, 0.15) is 6.92 Å². The molecule has 4 nitrogen and oxygen atoms in total. The van der Waals surface area contributed by atoms with Gasteiger partial charge in [-0.1, -0.05) is 0 Å². The molecule has 0 spiro atoms. The molecule has 7 heteroatoms. The highest BCUT2D eigenvalue weighted by atomic mass is 32.2. The molecule has 1 atom stereocenters. The number of hydrogen-bond acceptors (Lipinski definition) is 4. The van der Waals surface area contributed by atoms with Gasteiger partial charge in [-0.15, -0.1) is 11.8 Å². The fraction of sp³-hybridized carbons (Fsp3) is 0.333. The van der Waals surface area contributed by atoms with Crippen molar-refractivity contribution in [1.29, 1.82) is 0 Å². The lowest BCUT2D eigenvalue weighted by molar-refractivity contribution is -0.388. The molecule has 0 bridgehead atoms. The van der Waals surface area contributed by atoms with Gasteiger partial charge in [0.05, 0.1) is 11.0 Å². The molecule has 1 unspecified atom stereocenters. The first-order valence-corrected chi connectivity index (χ1v) is 5.35. The van der Waals surface area contributed by atoms with E-state index in [-0.39, 0.29) is 10.6 Å². The van der Waals surface area contributed by atoms with Crippen molar-refractivity contribution in [3.63, 3.8) is 0 Å². The first-order chi connectivity index (χ1) is 7.43. The molecule has 0 aliphatic rings. The number of aliphatic hydroxyl groups is 1. The Hall–Kier alpha value is -1.21. The lowest BCUT2D eigenvalue weighted by atomic mass is 10.3. The fourth-order valence-corrected chi connectivity index (χ4v) is 1.93. The van der Waals surface area contributed by atoms with Crippen LogP contribution in [0.2, 0.25) is 0 Å². The van der Waals surface area contributed by atoms with E-state index in [0.717, 1.165) is 17.8 Å². The van der Waals surface area contributed by atoms with Crippen molar-refractivity contribution < 1.29 is 18.8 Å². The maximum absolute atomic E-state index is 13.3. The van der Waals surface area contributed by atoms with Crippen LogP contribution in [0.15, 0.2) is 17.0 Å². The second kappa shape index (κ2) is 5.22. The molecular weight excluding hydrogens is 240 g/mol. The van der Waals surface area contributed by atoms with E-state index in [1.807, 2.05) is 0 Å². The number of nitro benzene ring substituents is 1. The number of rotatable bonds is 4. The molecule has 0 heterocycles. The summed E-state index contributed by atoms with van der Waals surface area (Å²) in [5.41, 5.74) is -0.496. The molecular formula is C9H9F2NO3S. The van der Waals surface area contributed by atoms with Crippen LogP contribution >= 0.6 is 11.8 Å². The molecule has 0 aliphatic heterocycles. The van der Waals surface area contributed by atoms with Gasteiger partial charge in [0.25, 0.3) is 5.69 Å². The normalized spacial score (nSPS) is 12.5. The van der Waals surface area contributed by atoms with Crippen LogP contribution in [-0.4, -0.2) is 21.9 Å². The molecule has 1 rings (SSSR count). The smallest absolute Gasteiger partial charge is 0.286 e. The molecule has 1 aromatic rings. The Labute approximate surface area is 94.4 Å². The van der Waals surface area contributed by atoms with Crippen molar-refractivity contribution in [2.45, 2.75) is 17.9 Å². The molecule has 1 aromatic carbocycles. The maximum atomic E-state index is 13.3. The monoisotopic (exact) mass is 249 g/mol. The van der Waals surface area contributed by atoms with Crippen LogP contribution in [0.4, 0.5) is 14.5 Å². The first kappa shape index (κ1) is 12.9. The van der Waals surface area contributed by atoms with Gasteiger partial charge in [0.2, 0.25) is 0 Å². The third-order valence-corrected chi connectivity index (χ3v) is 3.02. The average molecular weight is 249 g/mol. The summed E-state index contributed by atoms with van der Waals surface area (Å²) in [6.07, 6.45) is -0.757. The summed E-state index contributed by atoms with van der Waals surface area (Å²) in [5.74, 6) is -2.33. The second-order valence-corrected chi connectivity index (χ2v) is 4.16. The van der Waals surface area contributed by atoms with Gasteiger partial charge in [-0.3, -0.25) is 10.1 Å². The van der Waals surface area contributed by atoms with Crippen molar-refractivity contribution in [1.82, 2.24) is 0 Å². The standard InChI is InChI=1S/C9H9F2NO3S/c1-5(13)4-16-9-7(12(14)15)3-2-6(10)8(9)11/h2-3,5,13H,4H2,1H3. The Morgan fingerprint density at radius 2 is 2.19 bits per heavy atom. The minimum atomic E-state index is -1.25. The van der Waals surface area contributed by atoms with E-state index in [4.69, 9.17) is 5.11 Å². The number of nitrogens with zero attached hydrogens (tertiary/aromatic N) is 1. The third kappa shape index (κ3) is 2.89. The topological polar surface area (TPSA) is 63.4 Å². The van der Waals surface area contributed by atoms with E-state index in [1.165, 1.54) is 6.92 Å². The highest BCUT2D eigenvalue weighted by Crippen LogP contribution is 2.33. The summed E-state index contributed by atoms with van der Waals surface area (Å²) in [7, 11) is 0. The predicted octanol–water partition coefficient (Wildman–Crippen LogP) is 2.35. The molecule has 0 radical (unpaired) electrons. The van der Waals surface area contributed by atoms with Gasteiger partial charge in [-0.25, -0.2) is 8.78 Å². The molecule has 0 aliphatic carbocycles. The van der Waals surface area contributed by atoms with Gasteiger partial charge in [-0.2, -0.15) is 0 Å². The van der Waals surface area contributed by atoms with Crippen molar-refractivity contribution in [3.8, 4) is 0 Å². The quantitative estimate of drug-likeness (QED) is 0.505. The van der Waals surface area contributed by atoms with E-state index in [0.29, 0.717) is 6.07 Å². The number of nitro groups is 1. The SMILES string of the molecule is CC(O)CSc1c([N+](=O)[O-])ccc(F)c1F. The van der Waals surface area contributed by atoms with Gasteiger partial charge >= 0.3 is 0 Å². The van der Waals surface area contributed by atoms with Gasteiger partial charge < -0.3 is 5.11 Å². The third-order valence-electron chi connectivity index (χ3n) is 1.69. The average Bonchev–Trinajstić information content (AvgIpc) is 2.19. The van der Waals surface area contributed by atoms with E-state index >= 15 is 0 Å². The maximum Gasteiger partial charge on any atom is 0.286 e. The van der Waals surface area contributed by atoms with Crippen LogP contribution < -0.4 is 0 Å². The lowest BCUT2D eigenvalue weighted by Crippen LogP contribution is -2.04. The number of benzene rings is 1. The largest absolute Gasteiger partial charge is 0.393 e. The van der Waals surface area contributed by atoms with E-state index in [9.17, 15) is 18.9 Å². The van der Waals surface area contributed by atoms with Crippen LogP contribution in [0.3, 0.4) is 0 Å². The zero-order valence-corrected chi connectivity index (χ0v) is 9.13. The zero-order chi connectivity index (χ0) is 12.3. The van der Waals surface area contributed by atoms with Gasteiger partial charge in [0.1, 0.15) is 4.90 Å². The number of hydrogen-bond donors (Lipinski definition) is 1. The van der Waals surface area contributed by atoms with Crippen molar-refractivity contribution in [3.05, 3.63) is 33.9 Å². The Bertz CT molecular complexity index is 412. The van der Waals surface area contributed by atoms with E-state index in [1.54, 1.807) is 0 Å². The second-order valence-electron chi connectivity index (χ2n) is 3.13. The van der Waals surface area contributed by atoms with E-state index < -0.39 is 28.3 Å². The Kier molecular flexibility index (Phi) is 4.19. The number of halogens is 2. The summed E-state index contributed by atoms with van der Waals surface area (Å²) in [5, 5.41) is 19.6. The number of aliphatic hydroxyl groups excluding tert-OH is 1. The molecule has 0 saturated heterocycles. The molecule has 88 valence electrons. The fourth-order valence-electron chi connectivity index (χ4n) is 1.01. The highest BCUT2D eigenvalue weighted by molar-refractivity contribution is 7.99. The summed E-state index contributed by atoms with van der Waals surface area (Å²) < 4.78 is 26.2. The first-order valence-electron chi connectivity index (χ1n) is 4.36. The van der Waals surface area contributed by atoms with Crippen LogP contribution in [0, 0.1) is 21.7 Å². The molecule has 0 aromatic heterocycles. The summed E-state index contributed by atoms with van der Waals surface area (Å²) in [4.78, 5) is 9.40. The minimum Gasteiger partial charge on any atom is -0.393 e. The van der Waals surface area contributed by atoms with Crippen molar-refractivity contribution in [2.24, 2.45) is 0 Å². The zero-order valence-electron chi connectivity index (χ0n) is 8.31. The highest BCUT2D eigenvalue weighted by Gasteiger charge is 2.22. The molecule has 1 N–H and O–H groups in total. The van der Waals surface area contributed by atoms with Crippen LogP contribution in [0.25, 0.3) is 0 Å². The summed E-state index contributed by atoms with van der Waals surface area (Å²) in [6, 6.07) is 1.61. The van der Waals surface area contributed by atoms with Gasteiger partial charge in [0, 0.05) is 11.8 Å². The Morgan fingerprint density at radius 1 is 1.56 bits per heavy atom. The van der Waals surface area contributed by atoms with E-state index in [2.05, 4.69) is 0 Å². The predicted molar refractivity (Wildman–Crippen MR) is 55.4 cm³/mol. The molecule has 0 saturated carbocycles. The molecule has 16 heavy (non-hydrogen) atoms.